The molecular formula is C18H22O4. The van der Waals surface area contributed by atoms with Gasteiger partial charge in [-0.3, -0.25) is 0 Å². The number of carbonyl (C=O) groups is 1. The van der Waals surface area contributed by atoms with Crippen LogP contribution in [-0.2, 0) is 14.2 Å². The van der Waals surface area contributed by atoms with E-state index in [4.69, 9.17) is 9.47 Å². The Morgan fingerprint density at radius 3 is 2.73 bits per heavy atom. The summed E-state index contributed by atoms with van der Waals surface area (Å²) >= 11 is 0. The average molecular weight is 302 g/mol. The topological polar surface area (TPSA) is 44.8 Å². The van der Waals surface area contributed by atoms with Gasteiger partial charge in [0.15, 0.2) is 6.61 Å². The highest BCUT2D eigenvalue weighted by atomic mass is 16.7. The van der Waals surface area contributed by atoms with Crippen LogP contribution in [0.5, 0.6) is 0 Å². The maximum atomic E-state index is 11.0. The summed E-state index contributed by atoms with van der Waals surface area (Å²) < 4.78 is 15.1. The largest absolute Gasteiger partial charge is 0.509 e. The Morgan fingerprint density at radius 1 is 1.18 bits per heavy atom. The van der Waals surface area contributed by atoms with E-state index in [1.807, 2.05) is 6.07 Å². The average Bonchev–Trinajstić information content (AvgIpc) is 2.56. The Labute approximate surface area is 131 Å². The molecule has 0 unspecified atom stereocenters. The van der Waals surface area contributed by atoms with E-state index in [0.717, 1.165) is 19.3 Å². The van der Waals surface area contributed by atoms with E-state index in [2.05, 4.69) is 41.0 Å². The van der Waals surface area contributed by atoms with Gasteiger partial charge in [0.25, 0.3) is 0 Å². The molecule has 118 valence electrons. The van der Waals surface area contributed by atoms with Gasteiger partial charge in [-0.2, -0.15) is 0 Å². The minimum Gasteiger partial charge on any atom is -0.443 e. The van der Waals surface area contributed by atoms with Crippen molar-refractivity contribution in [1.29, 1.82) is 0 Å². The second-order valence-electron chi connectivity index (χ2n) is 5.21. The van der Waals surface area contributed by atoms with Crippen molar-refractivity contribution in [1.82, 2.24) is 0 Å². The van der Waals surface area contributed by atoms with Crippen LogP contribution in [0.4, 0.5) is 4.79 Å². The lowest BCUT2D eigenvalue weighted by Crippen LogP contribution is -2.24. The van der Waals surface area contributed by atoms with Crippen LogP contribution in [-0.4, -0.2) is 25.5 Å². The molecule has 0 amide bonds. The van der Waals surface area contributed by atoms with Gasteiger partial charge in [-0.15, -0.1) is 0 Å². The minimum absolute atomic E-state index is 0.0123. The van der Waals surface area contributed by atoms with E-state index >= 15 is 0 Å². The molecule has 0 N–H and O–H groups in total. The molecule has 0 aromatic heterocycles. The molecule has 0 heterocycles. The Hall–Kier alpha value is -2.15. The predicted molar refractivity (Wildman–Crippen MR) is 83.3 cm³/mol. The van der Waals surface area contributed by atoms with Crippen molar-refractivity contribution in [3.8, 4) is 12.0 Å². The molecule has 1 aliphatic rings. The molecule has 0 spiro atoms. The summed E-state index contributed by atoms with van der Waals surface area (Å²) in [6, 6.07) is 10.4. The van der Waals surface area contributed by atoms with Gasteiger partial charge in [-0.1, -0.05) is 36.8 Å². The predicted octanol–water partition coefficient (Wildman–Crippen LogP) is 3.86. The normalized spacial score (nSPS) is 20.4. The zero-order valence-electron chi connectivity index (χ0n) is 12.9. The van der Waals surface area contributed by atoms with E-state index in [-0.39, 0.29) is 12.7 Å². The molecule has 0 radical (unpaired) electrons. The van der Waals surface area contributed by atoms with Crippen LogP contribution in [0.1, 0.15) is 44.1 Å². The van der Waals surface area contributed by atoms with Gasteiger partial charge >= 0.3 is 6.16 Å². The van der Waals surface area contributed by atoms with Gasteiger partial charge in [0.1, 0.15) is 12.2 Å². The molecule has 0 aliphatic heterocycles. The Balaban J connectivity index is 1.84. The highest BCUT2D eigenvalue weighted by Crippen LogP contribution is 2.34. The molecule has 0 bridgehead atoms. The van der Waals surface area contributed by atoms with E-state index < -0.39 is 6.16 Å². The second-order valence-corrected chi connectivity index (χ2v) is 5.21. The van der Waals surface area contributed by atoms with Crippen LogP contribution in [0.3, 0.4) is 0 Å². The number of hydrogen-bond acceptors (Lipinski definition) is 4. The highest BCUT2D eigenvalue weighted by Gasteiger charge is 2.27. The molecule has 1 aromatic rings. The van der Waals surface area contributed by atoms with Crippen LogP contribution in [0.25, 0.3) is 0 Å². The summed E-state index contributed by atoms with van der Waals surface area (Å²) in [4.78, 5) is 11.0. The zero-order valence-corrected chi connectivity index (χ0v) is 12.9. The van der Waals surface area contributed by atoms with Gasteiger partial charge in [0, 0.05) is 5.92 Å². The summed E-state index contributed by atoms with van der Waals surface area (Å²) in [6.07, 6.45) is 6.59. The summed E-state index contributed by atoms with van der Waals surface area (Å²) in [5.74, 6) is 3.08. The van der Waals surface area contributed by atoms with Crippen molar-refractivity contribution in [3.05, 3.63) is 35.9 Å². The van der Waals surface area contributed by atoms with E-state index in [0.29, 0.717) is 12.5 Å². The van der Waals surface area contributed by atoms with Crippen LogP contribution in [0.15, 0.2) is 30.3 Å². The van der Waals surface area contributed by atoms with Crippen molar-refractivity contribution in [2.45, 2.75) is 44.6 Å². The quantitative estimate of drug-likeness (QED) is 0.626. The van der Waals surface area contributed by atoms with E-state index in [9.17, 15) is 4.79 Å². The van der Waals surface area contributed by atoms with Crippen LogP contribution in [0.2, 0.25) is 0 Å². The SMILES string of the molecule is CCOC(=O)OCC#CO[C@@H]1CCCC[C@H]1c1ccccc1. The van der Waals surface area contributed by atoms with Crippen molar-refractivity contribution >= 4 is 6.16 Å². The molecule has 22 heavy (non-hydrogen) atoms. The van der Waals surface area contributed by atoms with Crippen molar-refractivity contribution in [2.24, 2.45) is 0 Å². The molecular weight excluding hydrogens is 280 g/mol. The lowest BCUT2D eigenvalue weighted by atomic mass is 9.82. The maximum Gasteiger partial charge on any atom is 0.509 e. The molecule has 2 rings (SSSR count). The maximum absolute atomic E-state index is 11.0. The van der Waals surface area contributed by atoms with Gasteiger partial charge in [-0.05, 0) is 37.7 Å². The summed E-state index contributed by atoms with van der Waals surface area (Å²) in [5, 5.41) is 0. The first-order valence-electron chi connectivity index (χ1n) is 7.79. The first kappa shape index (κ1) is 16.2. The van der Waals surface area contributed by atoms with E-state index in [1.165, 1.54) is 12.0 Å². The Kier molecular flexibility index (Phi) is 6.63. The third kappa shape index (κ3) is 5.00. The molecule has 4 nitrogen and oxygen atoms in total. The standard InChI is InChI=1S/C18H22O4/c1-2-20-18(19)22-14-8-13-21-17-12-7-6-11-16(17)15-9-4-3-5-10-15/h3-5,9-10,16-17H,2,6-7,11-12,14H2,1H3/t16-,17+/m0/s1. The fourth-order valence-electron chi connectivity index (χ4n) is 2.72. The number of rotatable bonds is 4. The van der Waals surface area contributed by atoms with Crippen LogP contribution < -0.4 is 0 Å². The summed E-state index contributed by atoms with van der Waals surface area (Å²) in [6.45, 7) is 2.01. The van der Waals surface area contributed by atoms with E-state index in [1.54, 1.807) is 6.92 Å². The number of benzene rings is 1. The van der Waals surface area contributed by atoms with Crippen molar-refractivity contribution < 1.29 is 19.0 Å². The van der Waals surface area contributed by atoms with Crippen molar-refractivity contribution in [2.75, 3.05) is 13.2 Å². The summed E-state index contributed by atoms with van der Waals surface area (Å²) in [7, 11) is 0. The van der Waals surface area contributed by atoms with Gasteiger partial charge in [-0.25, -0.2) is 4.79 Å². The Bertz CT molecular complexity index is 515. The zero-order chi connectivity index (χ0) is 15.6. The molecule has 1 fully saturated rings. The third-order valence-electron chi connectivity index (χ3n) is 3.74. The first-order valence-corrected chi connectivity index (χ1v) is 7.79. The first-order chi connectivity index (χ1) is 10.8. The number of ether oxygens (including phenoxy) is 3. The van der Waals surface area contributed by atoms with Crippen LogP contribution in [0, 0.1) is 12.0 Å². The monoisotopic (exact) mass is 302 g/mol. The van der Waals surface area contributed by atoms with Gasteiger partial charge < -0.3 is 14.2 Å². The molecule has 0 saturated heterocycles. The fraction of sp³-hybridized carbons (Fsp3) is 0.500. The molecule has 1 saturated carbocycles. The molecule has 1 aromatic carbocycles. The minimum atomic E-state index is -0.698. The molecule has 4 heteroatoms. The van der Waals surface area contributed by atoms with Crippen molar-refractivity contribution in [3.63, 3.8) is 0 Å². The Morgan fingerprint density at radius 2 is 1.95 bits per heavy atom. The second kappa shape index (κ2) is 8.99. The molecule has 2 atom stereocenters. The van der Waals surface area contributed by atoms with Gasteiger partial charge in [0.05, 0.1) is 6.61 Å². The molecule has 1 aliphatic carbocycles. The summed E-state index contributed by atoms with van der Waals surface area (Å²) in [5.41, 5.74) is 1.30. The highest BCUT2D eigenvalue weighted by molar-refractivity contribution is 5.59. The smallest absolute Gasteiger partial charge is 0.443 e. The number of hydrogen-bond donors (Lipinski definition) is 0. The lowest BCUT2D eigenvalue weighted by molar-refractivity contribution is 0.0679. The lowest BCUT2D eigenvalue weighted by Gasteiger charge is -2.30. The van der Waals surface area contributed by atoms with Gasteiger partial charge in [0.2, 0.25) is 0 Å². The fourth-order valence-corrected chi connectivity index (χ4v) is 2.72. The van der Waals surface area contributed by atoms with Crippen LogP contribution >= 0.6 is 0 Å². The third-order valence-corrected chi connectivity index (χ3v) is 3.74. The number of carbonyl (C=O) groups excluding carboxylic acids is 1.